The van der Waals surface area contributed by atoms with Crippen molar-refractivity contribution in [2.24, 2.45) is 11.7 Å². The lowest BCUT2D eigenvalue weighted by Gasteiger charge is -2.35. The van der Waals surface area contributed by atoms with Crippen molar-refractivity contribution in [2.45, 2.75) is 26.0 Å². The van der Waals surface area contributed by atoms with Crippen LogP contribution in [0.1, 0.15) is 18.9 Å². The Morgan fingerprint density at radius 3 is 2.95 bits per heavy atom. The summed E-state index contributed by atoms with van der Waals surface area (Å²) in [7, 11) is 0. The van der Waals surface area contributed by atoms with Gasteiger partial charge in [-0.1, -0.05) is 25.1 Å². The second kappa shape index (κ2) is 5.38. The van der Waals surface area contributed by atoms with Gasteiger partial charge in [-0.15, -0.1) is 0 Å². The molecule has 1 saturated heterocycles. The molecule has 2 aromatic rings. The number of fused-ring (bicyclic) bond motifs is 1. The van der Waals surface area contributed by atoms with E-state index in [1.54, 1.807) is 0 Å². The molecule has 0 radical (unpaired) electrons. The van der Waals surface area contributed by atoms with E-state index in [-0.39, 0.29) is 6.10 Å². The smallest absolute Gasteiger partial charge is 0.129 e. The zero-order valence-electron chi connectivity index (χ0n) is 11.8. The largest absolute Gasteiger partial charge is 0.391 e. The van der Waals surface area contributed by atoms with Gasteiger partial charge in [0.1, 0.15) is 5.82 Å². The first-order valence-electron chi connectivity index (χ1n) is 7.21. The van der Waals surface area contributed by atoms with E-state index >= 15 is 0 Å². The maximum absolute atomic E-state index is 10.1. The molecule has 4 nitrogen and oxygen atoms in total. The summed E-state index contributed by atoms with van der Waals surface area (Å²) < 4.78 is 0. The average molecular weight is 271 g/mol. The fourth-order valence-corrected chi connectivity index (χ4v) is 2.82. The van der Waals surface area contributed by atoms with Crippen molar-refractivity contribution in [1.29, 1.82) is 0 Å². The summed E-state index contributed by atoms with van der Waals surface area (Å²) >= 11 is 0. The van der Waals surface area contributed by atoms with E-state index in [2.05, 4.69) is 24.0 Å². The number of aliphatic hydroxyl groups is 1. The highest BCUT2D eigenvalue weighted by Crippen LogP contribution is 2.26. The molecule has 3 rings (SSSR count). The van der Waals surface area contributed by atoms with Crippen molar-refractivity contribution < 1.29 is 5.11 Å². The van der Waals surface area contributed by atoms with Crippen molar-refractivity contribution >= 4 is 16.7 Å². The lowest BCUT2D eigenvalue weighted by molar-refractivity contribution is 0.102. The number of rotatable bonds is 2. The molecule has 0 spiro atoms. The monoisotopic (exact) mass is 271 g/mol. The van der Waals surface area contributed by atoms with Crippen molar-refractivity contribution in [2.75, 3.05) is 18.0 Å². The van der Waals surface area contributed by atoms with Gasteiger partial charge in [0.25, 0.3) is 0 Å². The first-order valence-corrected chi connectivity index (χ1v) is 7.21. The van der Waals surface area contributed by atoms with Crippen LogP contribution in [0.15, 0.2) is 30.3 Å². The van der Waals surface area contributed by atoms with Crippen LogP contribution in [0.25, 0.3) is 10.9 Å². The lowest BCUT2D eigenvalue weighted by Crippen LogP contribution is -2.43. The fourth-order valence-electron chi connectivity index (χ4n) is 2.82. The predicted molar refractivity (Wildman–Crippen MR) is 81.6 cm³/mol. The minimum absolute atomic E-state index is 0.279. The summed E-state index contributed by atoms with van der Waals surface area (Å²) in [5, 5.41) is 11.2. The van der Waals surface area contributed by atoms with Crippen LogP contribution in [0.3, 0.4) is 0 Å². The minimum atomic E-state index is -0.279. The Kier molecular flexibility index (Phi) is 3.59. The highest BCUT2D eigenvalue weighted by atomic mass is 16.3. The van der Waals surface area contributed by atoms with Crippen LogP contribution < -0.4 is 10.6 Å². The molecular formula is C16H21N3O. The molecule has 1 aliphatic heterocycles. The number of nitrogens with two attached hydrogens (primary N) is 1. The summed E-state index contributed by atoms with van der Waals surface area (Å²) in [5.41, 5.74) is 7.95. The van der Waals surface area contributed by atoms with Crippen molar-refractivity contribution in [3.8, 4) is 0 Å². The minimum Gasteiger partial charge on any atom is -0.391 e. The normalized spacial score (nSPS) is 23.2. The van der Waals surface area contributed by atoms with Crippen LogP contribution >= 0.6 is 0 Å². The average Bonchev–Trinajstić information content (AvgIpc) is 2.49. The molecule has 1 aromatic carbocycles. The predicted octanol–water partition coefficient (Wildman–Crippen LogP) is 1.90. The molecule has 3 N–H and O–H groups in total. The number of aromatic nitrogens is 1. The van der Waals surface area contributed by atoms with E-state index < -0.39 is 0 Å². The van der Waals surface area contributed by atoms with Crippen LogP contribution in [-0.4, -0.2) is 29.3 Å². The van der Waals surface area contributed by atoms with E-state index in [1.807, 2.05) is 18.2 Å². The van der Waals surface area contributed by atoms with Crippen molar-refractivity contribution in [1.82, 2.24) is 4.98 Å². The molecule has 0 saturated carbocycles. The molecule has 2 heterocycles. The summed E-state index contributed by atoms with van der Waals surface area (Å²) in [4.78, 5) is 6.89. The van der Waals surface area contributed by atoms with Gasteiger partial charge in [0, 0.05) is 25.0 Å². The van der Waals surface area contributed by atoms with E-state index in [0.29, 0.717) is 19.0 Å². The lowest BCUT2D eigenvalue weighted by atomic mass is 9.96. The van der Waals surface area contributed by atoms with Crippen LogP contribution in [-0.2, 0) is 6.54 Å². The maximum atomic E-state index is 10.1. The van der Waals surface area contributed by atoms with Crippen LogP contribution in [0.5, 0.6) is 0 Å². The summed E-state index contributed by atoms with van der Waals surface area (Å²) in [6.45, 7) is 4.19. The Bertz CT molecular complexity index is 614. The Labute approximate surface area is 119 Å². The van der Waals surface area contributed by atoms with Gasteiger partial charge in [0.2, 0.25) is 0 Å². The quantitative estimate of drug-likeness (QED) is 0.875. The number of benzene rings is 1. The molecule has 2 unspecified atom stereocenters. The molecule has 0 aliphatic carbocycles. The second-order valence-corrected chi connectivity index (χ2v) is 5.64. The summed E-state index contributed by atoms with van der Waals surface area (Å²) in [6, 6.07) is 10.1. The van der Waals surface area contributed by atoms with Crippen LogP contribution in [0, 0.1) is 5.92 Å². The number of anilines is 1. The number of aliphatic hydroxyl groups excluding tert-OH is 1. The Morgan fingerprint density at radius 2 is 2.20 bits per heavy atom. The van der Waals surface area contributed by atoms with Gasteiger partial charge >= 0.3 is 0 Å². The van der Waals surface area contributed by atoms with Gasteiger partial charge in [-0.3, -0.25) is 0 Å². The summed E-state index contributed by atoms with van der Waals surface area (Å²) in [5.74, 6) is 1.29. The fraction of sp³-hybridized carbons (Fsp3) is 0.438. The molecule has 0 amide bonds. The number of piperidine rings is 1. The number of hydrogen-bond acceptors (Lipinski definition) is 4. The molecule has 106 valence electrons. The van der Waals surface area contributed by atoms with Gasteiger partial charge in [-0.2, -0.15) is 0 Å². The molecule has 1 aliphatic rings. The Balaban J connectivity index is 1.99. The van der Waals surface area contributed by atoms with Crippen LogP contribution in [0.4, 0.5) is 5.82 Å². The zero-order chi connectivity index (χ0) is 14.1. The zero-order valence-corrected chi connectivity index (χ0v) is 11.8. The third-order valence-corrected chi connectivity index (χ3v) is 4.25. The Morgan fingerprint density at radius 1 is 1.40 bits per heavy atom. The third kappa shape index (κ3) is 2.37. The summed E-state index contributed by atoms with van der Waals surface area (Å²) in [6.07, 6.45) is 0.714. The number of pyridine rings is 1. The topological polar surface area (TPSA) is 62.4 Å². The van der Waals surface area contributed by atoms with Gasteiger partial charge in [0.15, 0.2) is 0 Å². The van der Waals surface area contributed by atoms with E-state index in [0.717, 1.165) is 35.2 Å². The number of hydrogen-bond donors (Lipinski definition) is 2. The molecule has 1 aromatic heterocycles. The van der Waals surface area contributed by atoms with Gasteiger partial charge in [-0.05, 0) is 30.0 Å². The second-order valence-electron chi connectivity index (χ2n) is 5.64. The standard InChI is InChI=1S/C16H21N3O/c1-11-6-7-19(10-15(11)20)16-8-12(9-17)13-4-2-3-5-14(13)18-16/h2-5,8,11,15,20H,6-7,9-10,17H2,1H3. The van der Waals surface area contributed by atoms with Gasteiger partial charge in [0.05, 0.1) is 11.6 Å². The van der Waals surface area contributed by atoms with Crippen molar-refractivity contribution in [3.05, 3.63) is 35.9 Å². The van der Waals surface area contributed by atoms with Crippen LogP contribution in [0.2, 0.25) is 0 Å². The molecular weight excluding hydrogens is 250 g/mol. The van der Waals surface area contributed by atoms with E-state index in [4.69, 9.17) is 10.7 Å². The van der Waals surface area contributed by atoms with Crippen molar-refractivity contribution in [3.63, 3.8) is 0 Å². The van der Waals surface area contributed by atoms with E-state index in [1.165, 1.54) is 0 Å². The molecule has 4 heteroatoms. The molecule has 1 fully saturated rings. The van der Waals surface area contributed by atoms with E-state index in [9.17, 15) is 5.11 Å². The highest BCUT2D eigenvalue weighted by Gasteiger charge is 2.25. The first-order chi connectivity index (χ1) is 9.69. The number of β-amino-alcohol motifs (C(OH)–C–C–N with tert-alkyl or cyclic N) is 1. The molecule has 2 atom stereocenters. The van der Waals surface area contributed by atoms with Gasteiger partial charge in [-0.25, -0.2) is 4.98 Å². The number of para-hydroxylation sites is 1. The first kappa shape index (κ1) is 13.3. The SMILES string of the molecule is CC1CCN(c2cc(CN)c3ccccc3n2)CC1O. The Hall–Kier alpha value is -1.65. The highest BCUT2D eigenvalue weighted by molar-refractivity contribution is 5.84. The maximum Gasteiger partial charge on any atom is 0.129 e. The molecule has 20 heavy (non-hydrogen) atoms. The number of nitrogens with zero attached hydrogens (tertiary/aromatic N) is 2. The molecule has 0 bridgehead atoms. The van der Waals surface area contributed by atoms with Gasteiger partial charge < -0.3 is 15.7 Å². The third-order valence-electron chi connectivity index (χ3n) is 4.25.